The van der Waals surface area contributed by atoms with E-state index in [0.29, 0.717) is 17.8 Å². The lowest BCUT2D eigenvalue weighted by Gasteiger charge is -2.11. The Morgan fingerprint density at radius 1 is 1.18 bits per heavy atom. The molecule has 2 N–H and O–H groups in total. The minimum Gasteiger partial charge on any atom is -0.387 e. The van der Waals surface area contributed by atoms with Crippen LogP contribution in [0.5, 0.6) is 0 Å². The van der Waals surface area contributed by atoms with Crippen LogP contribution >= 0.6 is 0 Å². The molecule has 4 rings (SSSR count). The lowest BCUT2D eigenvalue weighted by Crippen LogP contribution is -2.35. The van der Waals surface area contributed by atoms with Gasteiger partial charge in [-0.05, 0) is 18.4 Å². The van der Waals surface area contributed by atoms with Crippen LogP contribution in [0.3, 0.4) is 0 Å². The van der Waals surface area contributed by atoms with E-state index in [4.69, 9.17) is 4.84 Å². The quantitative estimate of drug-likeness (QED) is 0.803. The Morgan fingerprint density at radius 3 is 2.75 bits per heavy atom. The van der Waals surface area contributed by atoms with Crippen LogP contribution in [0.15, 0.2) is 47.9 Å². The lowest BCUT2D eigenvalue weighted by atomic mass is 10.0. The molecule has 1 aliphatic heterocycles. The van der Waals surface area contributed by atoms with Crippen LogP contribution < -0.4 is 10.6 Å². The molecule has 2 heterocycles. The minimum atomic E-state index is -0.326. The molecular formula is C20H23N5O3. The fourth-order valence-electron chi connectivity index (χ4n) is 3.57. The highest BCUT2D eigenvalue weighted by Gasteiger charge is 2.27. The molecule has 8 heteroatoms. The van der Waals surface area contributed by atoms with Crippen LogP contribution in [0, 0.1) is 0 Å². The number of benzene rings is 1. The van der Waals surface area contributed by atoms with Crippen molar-refractivity contribution in [3.8, 4) is 0 Å². The zero-order valence-corrected chi connectivity index (χ0v) is 15.5. The smallest absolute Gasteiger partial charge is 0.273 e. The molecule has 1 aromatic carbocycles. The first kappa shape index (κ1) is 18.2. The van der Waals surface area contributed by atoms with Crippen LogP contribution in [-0.4, -0.2) is 33.3 Å². The van der Waals surface area contributed by atoms with Crippen molar-refractivity contribution in [1.82, 2.24) is 15.1 Å². The van der Waals surface area contributed by atoms with Crippen molar-refractivity contribution in [2.45, 2.75) is 50.8 Å². The van der Waals surface area contributed by atoms with Gasteiger partial charge in [0.05, 0.1) is 11.9 Å². The van der Waals surface area contributed by atoms with Crippen LogP contribution in [0.25, 0.3) is 0 Å². The van der Waals surface area contributed by atoms with E-state index < -0.39 is 0 Å². The normalized spacial score (nSPS) is 19.1. The van der Waals surface area contributed by atoms with E-state index in [9.17, 15) is 9.59 Å². The molecule has 2 aromatic rings. The number of nitrogens with one attached hydrogen (secondary N) is 2. The van der Waals surface area contributed by atoms with Gasteiger partial charge in [0.1, 0.15) is 12.3 Å². The Bertz CT molecular complexity index is 871. The summed E-state index contributed by atoms with van der Waals surface area (Å²) >= 11 is 0. The summed E-state index contributed by atoms with van der Waals surface area (Å²) < 4.78 is 1.51. The average Bonchev–Trinajstić information content (AvgIpc) is 3.44. The SMILES string of the molecule is O=C(Cn1cc(NC(=O)C2=NOC(c3ccccc3)C2)cn1)NC1CCCC1. The fourth-order valence-corrected chi connectivity index (χ4v) is 3.57. The predicted molar refractivity (Wildman–Crippen MR) is 104 cm³/mol. The summed E-state index contributed by atoms with van der Waals surface area (Å²) in [4.78, 5) is 29.9. The van der Waals surface area contributed by atoms with Crippen molar-refractivity contribution < 1.29 is 14.4 Å². The second-order valence-electron chi connectivity index (χ2n) is 7.18. The molecule has 1 unspecified atom stereocenters. The minimum absolute atomic E-state index is 0.0628. The third-order valence-corrected chi connectivity index (χ3v) is 5.02. The maximum Gasteiger partial charge on any atom is 0.273 e. The van der Waals surface area contributed by atoms with Crippen LogP contribution in [0.1, 0.15) is 43.8 Å². The third-order valence-electron chi connectivity index (χ3n) is 5.02. The number of hydrogen-bond donors (Lipinski definition) is 2. The summed E-state index contributed by atoms with van der Waals surface area (Å²) in [6.07, 6.45) is 7.74. The molecule has 146 valence electrons. The first-order chi connectivity index (χ1) is 13.7. The molecule has 8 nitrogen and oxygen atoms in total. The standard InChI is InChI=1S/C20H23N5O3/c26-19(22-15-8-4-5-9-15)13-25-12-16(11-21-25)23-20(27)17-10-18(28-24-17)14-6-2-1-3-7-14/h1-3,6-7,11-12,15,18H,4-5,8-10,13H2,(H,22,26)(H,23,27). The highest BCUT2D eigenvalue weighted by Crippen LogP contribution is 2.27. The van der Waals surface area contributed by atoms with E-state index in [2.05, 4.69) is 20.9 Å². The van der Waals surface area contributed by atoms with Crippen molar-refractivity contribution >= 4 is 23.2 Å². The van der Waals surface area contributed by atoms with Gasteiger partial charge in [-0.1, -0.05) is 48.3 Å². The number of carbonyl (C=O) groups is 2. The van der Waals surface area contributed by atoms with E-state index in [1.165, 1.54) is 23.7 Å². The molecule has 2 amide bonds. The molecule has 28 heavy (non-hydrogen) atoms. The Kier molecular flexibility index (Phi) is 5.36. The third kappa shape index (κ3) is 4.39. The summed E-state index contributed by atoms with van der Waals surface area (Å²) in [7, 11) is 0. The Labute approximate surface area is 162 Å². The van der Waals surface area contributed by atoms with Crippen LogP contribution in [0.2, 0.25) is 0 Å². The molecule has 1 atom stereocenters. The molecule has 1 saturated carbocycles. The second-order valence-corrected chi connectivity index (χ2v) is 7.18. The van der Waals surface area contributed by atoms with Gasteiger partial charge < -0.3 is 15.5 Å². The number of amides is 2. The van der Waals surface area contributed by atoms with E-state index in [1.54, 1.807) is 6.20 Å². The lowest BCUT2D eigenvalue weighted by molar-refractivity contribution is -0.122. The van der Waals surface area contributed by atoms with Crippen molar-refractivity contribution in [2.24, 2.45) is 5.16 Å². The van der Waals surface area contributed by atoms with Gasteiger partial charge in [-0.2, -0.15) is 5.10 Å². The fraction of sp³-hybridized carbons (Fsp3) is 0.400. The van der Waals surface area contributed by atoms with Gasteiger partial charge in [-0.3, -0.25) is 14.3 Å². The van der Waals surface area contributed by atoms with Crippen molar-refractivity contribution in [1.29, 1.82) is 0 Å². The summed E-state index contributed by atoms with van der Waals surface area (Å²) in [5, 5.41) is 13.8. The van der Waals surface area contributed by atoms with Gasteiger partial charge in [0.25, 0.3) is 5.91 Å². The summed E-state index contributed by atoms with van der Waals surface area (Å²) in [6, 6.07) is 9.95. The van der Waals surface area contributed by atoms with E-state index in [-0.39, 0.29) is 30.5 Å². The largest absolute Gasteiger partial charge is 0.387 e. The number of hydrogen-bond acceptors (Lipinski definition) is 5. The monoisotopic (exact) mass is 381 g/mol. The predicted octanol–water partition coefficient (Wildman–Crippen LogP) is 2.40. The Balaban J connectivity index is 1.28. The van der Waals surface area contributed by atoms with Gasteiger partial charge in [-0.15, -0.1) is 0 Å². The van der Waals surface area contributed by atoms with Gasteiger partial charge >= 0.3 is 0 Å². The number of carbonyl (C=O) groups excluding carboxylic acids is 2. The van der Waals surface area contributed by atoms with Crippen LogP contribution in [0.4, 0.5) is 5.69 Å². The summed E-state index contributed by atoms with van der Waals surface area (Å²) in [6.45, 7) is 0.131. The van der Waals surface area contributed by atoms with Gasteiger partial charge in [-0.25, -0.2) is 0 Å². The highest BCUT2D eigenvalue weighted by atomic mass is 16.6. The zero-order chi connectivity index (χ0) is 19.3. The van der Waals surface area contributed by atoms with Gasteiger partial charge in [0, 0.05) is 18.7 Å². The Morgan fingerprint density at radius 2 is 1.96 bits per heavy atom. The van der Waals surface area contributed by atoms with Crippen molar-refractivity contribution in [3.05, 3.63) is 48.3 Å². The number of anilines is 1. The zero-order valence-electron chi connectivity index (χ0n) is 15.5. The molecule has 2 aliphatic rings. The molecule has 0 radical (unpaired) electrons. The van der Waals surface area contributed by atoms with E-state index in [1.807, 2.05) is 30.3 Å². The highest BCUT2D eigenvalue weighted by molar-refractivity contribution is 6.43. The first-order valence-corrected chi connectivity index (χ1v) is 9.58. The molecule has 1 fully saturated rings. The van der Waals surface area contributed by atoms with Gasteiger partial charge in [0.15, 0.2) is 6.10 Å². The average molecular weight is 381 g/mol. The molecule has 0 bridgehead atoms. The first-order valence-electron chi connectivity index (χ1n) is 9.58. The number of nitrogens with zero attached hydrogens (tertiary/aromatic N) is 3. The van der Waals surface area contributed by atoms with E-state index >= 15 is 0 Å². The van der Waals surface area contributed by atoms with Gasteiger partial charge in [0.2, 0.25) is 5.91 Å². The maximum atomic E-state index is 12.4. The van der Waals surface area contributed by atoms with Crippen molar-refractivity contribution in [3.63, 3.8) is 0 Å². The molecule has 1 aliphatic carbocycles. The molecule has 0 spiro atoms. The summed E-state index contributed by atoms with van der Waals surface area (Å²) in [5.41, 5.74) is 1.83. The second kappa shape index (κ2) is 8.24. The number of oxime groups is 1. The number of rotatable bonds is 6. The van der Waals surface area contributed by atoms with E-state index in [0.717, 1.165) is 18.4 Å². The Hall–Kier alpha value is -3.16. The molecule has 0 saturated heterocycles. The summed E-state index contributed by atoms with van der Waals surface area (Å²) in [5.74, 6) is -0.388. The van der Waals surface area contributed by atoms with Crippen molar-refractivity contribution in [2.75, 3.05) is 5.32 Å². The molecule has 1 aromatic heterocycles. The topological polar surface area (TPSA) is 97.6 Å². The molecular weight excluding hydrogens is 358 g/mol. The number of aromatic nitrogens is 2. The maximum absolute atomic E-state index is 12.4. The van der Waals surface area contributed by atoms with Crippen LogP contribution in [-0.2, 0) is 21.0 Å².